The normalized spacial score (nSPS) is 9.90. The number of halogens is 3. The van der Waals surface area contributed by atoms with Crippen LogP contribution in [0, 0.1) is 13.0 Å². The van der Waals surface area contributed by atoms with E-state index in [1.807, 2.05) is 22.6 Å². The van der Waals surface area contributed by atoms with Crippen LogP contribution in [0.2, 0.25) is 0 Å². The van der Waals surface area contributed by atoms with Crippen molar-refractivity contribution in [3.8, 4) is 0 Å². The van der Waals surface area contributed by atoms with Gasteiger partial charge in [-0.3, -0.25) is 0 Å². The fourth-order valence-electron chi connectivity index (χ4n) is 0.541. The van der Waals surface area contributed by atoms with Gasteiger partial charge in [-0.05, 0) is 57.3 Å². The second-order valence-corrected chi connectivity index (χ2v) is 4.01. The molecule has 0 aromatic heterocycles. The molecule has 1 aromatic carbocycles. The second kappa shape index (κ2) is 3.21. The molecule has 2 N–H and O–H groups in total. The van der Waals surface area contributed by atoms with Crippen LogP contribution < -0.4 is 5.73 Å². The van der Waals surface area contributed by atoms with Crippen molar-refractivity contribution < 1.29 is 4.39 Å². The minimum Gasteiger partial charge on any atom is -0.396 e. The van der Waals surface area contributed by atoms with Crippen LogP contribution in [0.15, 0.2) is 12.1 Å². The van der Waals surface area contributed by atoms with Gasteiger partial charge in [0, 0.05) is 3.57 Å². The molecule has 0 aliphatic rings. The first-order valence-electron chi connectivity index (χ1n) is 2.52. The Balaban J connectivity index is 3.34. The quantitative estimate of drug-likeness (QED) is 0.428. The van der Waals surface area contributed by atoms with Crippen LogP contribution in [0.3, 0.4) is 0 Å². The van der Waals surface area contributed by atoms with Crippen LogP contribution in [-0.2, 0) is 0 Å². The second-order valence-electron chi connectivity index (χ2n) is 1.76. The Morgan fingerprint density at radius 2 is 1.90 bits per heavy atom. The third kappa shape index (κ3) is 1.52. The average Bonchev–Trinajstić information content (AvgIpc) is 1.93. The van der Waals surface area contributed by atoms with Crippen LogP contribution in [0.4, 0.5) is 10.1 Å². The molecule has 0 unspecified atom stereocenters. The van der Waals surface area contributed by atoms with E-state index in [2.05, 4.69) is 22.6 Å². The molecule has 0 aliphatic heterocycles. The number of nitrogen functional groups attached to an aromatic ring is 1. The lowest BCUT2D eigenvalue weighted by Gasteiger charge is -1.99. The molecule has 1 rings (SSSR count). The largest absolute Gasteiger partial charge is 0.396 e. The monoisotopic (exact) mass is 363 g/mol. The van der Waals surface area contributed by atoms with Crippen molar-refractivity contribution in [3.05, 3.63) is 25.1 Å². The molecule has 0 bridgehead atoms. The first-order chi connectivity index (χ1) is 4.63. The highest BCUT2D eigenvalue weighted by Crippen LogP contribution is 2.22. The standard InChI is InChI=1S/C6H4FI2N/c7-5-4(10)2-1-3(8)6(5)9/h1-2H,10H2. The van der Waals surface area contributed by atoms with Crippen molar-refractivity contribution in [1.29, 1.82) is 0 Å². The van der Waals surface area contributed by atoms with Gasteiger partial charge in [-0.25, -0.2) is 4.39 Å². The SMILES string of the molecule is Nc1ccc(I)c(I)c1F. The predicted octanol–water partition coefficient (Wildman–Crippen LogP) is 2.62. The third-order valence-electron chi connectivity index (χ3n) is 1.07. The van der Waals surface area contributed by atoms with Crippen LogP contribution >= 0.6 is 45.2 Å². The van der Waals surface area contributed by atoms with Crippen LogP contribution in [-0.4, -0.2) is 0 Å². The highest BCUT2D eigenvalue weighted by atomic mass is 127. The summed E-state index contributed by atoms with van der Waals surface area (Å²) in [5.41, 5.74) is 5.52. The number of rotatable bonds is 0. The maximum atomic E-state index is 12.9. The molecule has 1 nitrogen and oxygen atoms in total. The molecular formula is C6H4FI2N. The van der Waals surface area contributed by atoms with Crippen molar-refractivity contribution in [2.75, 3.05) is 5.73 Å². The third-order valence-corrected chi connectivity index (χ3v) is 4.05. The van der Waals surface area contributed by atoms with Gasteiger partial charge in [0.05, 0.1) is 9.26 Å². The molecule has 4 heteroatoms. The molecular weight excluding hydrogens is 359 g/mol. The molecule has 0 heterocycles. The van der Waals surface area contributed by atoms with E-state index in [-0.39, 0.29) is 11.5 Å². The van der Waals surface area contributed by atoms with Crippen molar-refractivity contribution in [2.24, 2.45) is 0 Å². The fraction of sp³-hybridized carbons (Fsp3) is 0. The first kappa shape index (κ1) is 8.51. The number of benzene rings is 1. The zero-order valence-electron chi connectivity index (χ0n) is 4.87. The van der Waals surface area contributed by atoms with E-state index in [1.165, 1.54) is 0 Å². The summed E-state index contributed by atoms with van der Waals surface area (Å²) in [6.45, 7) is 0. The van der Waals surface area contributed by atoms with E-state index in [0.717, 1.165) is 3.57 Å². The van der Waals surface area contributed by atoms with E-state index in [4.69, 9.17) is 5.73 Å². The van der Waals surface area contributed by atoms with Gasteiger partial charge in [0.1, 0.15) is 0 Å². The smallest absolute Gasteiger partial charge is 0.160 e. The Hall–Kier alpha value is 0.410. The van der Waals surface area contributed by atoms with Crippen molar-refractivity contribution in [3.63, 3.8) is 0 Å². The summed E-state index contributed by atoms with van der Waals surface area (Å²) in [5.74, 6) is -0.312. The molecule has 10 heavy (non-hydrogen) atoms. The number of hydrogen-bond acceptors (Lipinski definition) is 1. The number of hydrogen-bond donors (Lipinski definition) is 1. The summed E-state index contributed by atoms with van der Waals surface area (Å²) in [6.07, 6.45) is 0. The van der Waals surface area contributed by atoms with Gasteiger partial charge in [0.2, 0.25) is 0 Å². The lowest BCUT2D eigenvalue weighted by Crippen LogP contribution is -1.94. The topological polar surface area (TPSA) is 26.0 Å². The summed E-state index contributed by atoms with van der Waals surface area (Å²) < 4.78 is 14.3. The summed E-state index contributed by atoms with van der Waals surface area (Å²) in [5, 5.41) is 0. The molecule has 1 aromatic rings. The zero-order chi connectivity index (χ0) is 7.72. The molecule has 0 aliphatic carbocycles. The van der Waals surface area contributed by atoms with Gasteiger partial charge in [-0.15, -0.1) is 0 Å². The molecule has 0 spiro atoms. The number of nitrogens with two attached hydrogens (primary N) is 1. The number of anilines is 1. The Labute approximate surface area is 85.5 Å². The summed E-state index contributed by atoms with van der Waals surface area (Å²) in [6, 6.07) is 3.36. The van der Waals surface area contributed by atoms with E-state index >= 15 is 0 Å². The van der Waals surface area contributed by atoms with Crippen molar-refractivity contribution in [2.45, 2.75) is 0 Å². The van der Waals surface area contributed by atoms with Gasteiger partial charge in [0.15, 0.2) is 5.82 Å². The summed E-state index contributed by atoms with van der Waals surface area (Å²) in [4.78, 5) is 0. The summed E-state index contributed by atoms with van der Waals surface area (Å²) in [7, 11) is 0. The van der Waals surface area contributed by atoms with E-state index in [9.17, 15) is 4.39 Å². The van der Waals surface area contributed by atoms with Gasteiger partial charge < -0.3 is 5.73 Å². The van der Waals surface area contributed by atoms with Gasteiger partial charge >= 0.3 is 0 Å². The van der Waals surface area contributed by atoms with Gasteiger partial charge in [-0.1, -0.05) is 0 Å². The molecule has 0 saturated heterocycles. The van der Waals surface area contributed by atoms with Crippen LogP contribution in [0.25, 0.3) is 0 Å². The van der Waals surface area contributed by atoms with Crippen LogP contribution in [0.1, 0.15) is 0 Å². The maximum absolute atomic E-state index is 12.9. The molecule has 0 saturated carbocycles. The average molecular weight is 363 g/mol. The highest BCUT2D eigenvalue weighted by Gasteiger charge is 2.05. The molecule has 54 valence electrons. The molecule has 0 radical (unpaired) electrons. The lowest BCUT2D eigenvalue weighted by atomic mass is 10.3. The summed E-state index contributed by atoms with van der Waals surface area (Å²) >= 11 is 4.00. The van der Waals surface area contributed by atoms with Gasteiger partial charge in [-0.2, -0.15) is 0 Å². The van der Waals surface area contributed by atoms with Gasteiger partial charge in [0.25, 0.3) is 0 Å². The Kier molecular flexibility index (Phi) is 2.73. The van der Waals surface area contributed by atoms with Crippen molar-refractivity contribution in [1.82, 2.24) is 0 Å². The Bertz CT molecular complexity index is 235. The zero-order valence-corrected chi connectivity index (χ0v) is 9.18. The molecule has 0 atom stereocenters. The predicted molar refractivity (Wildman–Crippen MR) is 56.2 cm³/mol. The lowest BCUT2D eigenvalue weighted by molar-refractivity contribution is 0.624. The van der Waals surface area contributed by atoms with Crippen LogP contribution in [0.5, 0.6) is 0 Å². The Morgan fingerprint density at radius 3 is 2.40 bits per heavy atom. The highest BCUT2D eigenvalue weighted by molar-refractivity contribution is 14.1. The molecule has 0 fully saturated rings. The van der Waals surface area contributed by atoms with Crippen molar-refractivity contribution >= 4 is 50.9 Å². The van der Waals surface area contributed by atoms with E-state index < -0.39 is 0 Å². The fourth-order valence-corrected chi connectivity index (χ4v) is 1.45. The van der Waals surface area contributed by atoms with E-state index in [0.29, 0.717) is 3.57 Å². The van der Waals surface area contributed by atoms with E-state index in [1.54, 1.807) is 12.1 Å². The minimum atomic E-state index is -0.312. The molecule has 0 amide bonds. The first-order valence-corrected chi connectivity index (χ1v) is 4.67. The maximum Gasteiger partial charge on any atom is 0.160 e. The Morgan fingerprint density at radius 1 is 1.30 bits per heavy atom. The minimum absolute atomic E-state index is 0.213.